The molecule has 0 aromatic heterocycles. The van der Waals surface area contributed by atoms with Gasteiger partial charge in [0.15, 0.2) is 0 Å². The van der Waals surface area contributed by atoms with Crippen LogP contribution in [0.25, 0.3) is 0 Å². The van der Waals surface area contributed by atoms with Crippen LogP contribution in [0.5, 0.6) is 0 Å². The zero-order chi connectivity index (χ0) is 7.49. The van der Waals surface area contributed by atoms with Gasteiger partial charge in [-0.2, -0.15) is 0 Å². The molecule has 0 aromatic rings. The minimum atomic E-state index is -3.81. The molecule has 0 rings (SSSR count). The first-order chi connectivity index (χ1) is 3.95. The van der Waals surface area contributed by atoms with Crippen LogP contribution in [0.1, 0.15) is 6.92 Å². The molecule has 4 heteroatoms. The van der Waals surface area contributed by atoms with Gasteiger partial charge in [0.05, 0.1) is 0 Å². The van der Waals surface area contributed by atoms with Gasteiger partial charge < -0.3 is 14.4 Å². The normalized spacial score (nSPS) is 15.1. The summed E-state index contributed by atoms with van der Waals surface area (Å²) in [5, 5.41) is 0. The van der Waals surface area contributed by atoms with Crippen molar-refractivity contribution in [2.24, 2.45) is 5.92 Å². The Kier molecular flexibility index (Phi) is 3.06. The lowest BCUT2D eigenvalue weighted by Gasteiger charge is -2.11. The second kappa shape index (κ2) is 3.12. The Morgan fingerprint density at radius 2 is 2.00 bits per heavy atom. The van der Waals surface area contributed by atoms with Gasteiger partial charge in [-0.05, 0) is 5.92 Å². The predicted molar refractivity (Wildman–Crippen MR) is 36.6 cm³/mol. The predicted octanol–water partition coefficient (Wildman–Crippen LogP) is -0.276. The molecule has 54 valence electrons. The first-order valence-corrected chi connectivity index (χ1v) is 4.80. The lowest BCUT2D eigenvalue weighted by molar-refractivity contribution is 0.223. The van der Waals surface area contributed by atoms with E-state index in [0.717, 1.165) is 0 Å². The topological polar surface area (TPSA) is 60.7 Å². The molecule has 0 saturated carbocycles. The fraction of sp³-hybridized carbons (Fsp3) is 0.600. The molecular weight excluding hydrogens is 136 g/mol. The van der Waals surface area contributed by atoms with Crippen molar-refractivity contribution in [2.75, 3.05) is 0 Å². The van der Waals surface area contributed by atoms with Crippen molar-refractivity contribution in [1.82, 2.24) is 0 Å². The summed E-state index contributed by atoms with van der Waals surface area (Å²) >= 11 is 0. The van der Waals surface area contributed by atoms with Gasteiger partial charge in [0.25, 0.3) is 0 Å². The van der Waals surface area contributed by atoms with E-state index in [-0.39, 0.29) is 12.0 Å². The third-order valence-electron chi connectivity index (χ3n) is 0.998. The SMILES string of the molecule is C=CC(C)C[Si](O)(O)O. The molecule has 0 aliphatic carbocycles. The van der Waals surface area contributed by atoms with Crippen LogP contribution < -0.4 is 0 Å². The highest BCUT2D eigenvalue weighted by Gasteiger charge is 2.28. The van der Waals surface area contributed by atoms with Gasteiger partial charge in [0.2, 0.25) is 0 Å². The first-order valence-electron chi connectivity index (χ1n) is 2.75. The average molecular weight is 148 g/mol. The molecule has 1 atom stereocenters. The molecule has 0 aliphatic rings. The zero-order valence-electron chi connectivity index (χ0n) is 5.41. The Morgan fingerprint density at radius 1 is 1.56 bits per heavy atom. The maximum atomic E-state index is 8.52. The zero-order valence-corrected chi connectivity index (χ0v) is 6.41. The van der Waals surface area contributed by atoms with Gasteiger partial charge in [-0.25, -0.2) is 0 Å². The molecule has 9 heavy (non-hydrogen) atoms. The molecule has 0 amide bonds. The van der Waals surface area contributed by atoms with Crippen molar-refractivity contribution in [2.45, 2.75) is 13.0 Å². The average Bonchev–Trinajstić information content (AvgIpc) is 1.62. The van der Waals surface area contributed by atoms with E-state index >= 15 is 0 Å². The largest absolute Gasteiger partial charge is 0.493 e. The molecule has 0 heterocycles. The summed E-state index contributed by atoms with van der Waals surface area (Å²) in [6, 6.07) is 0.0382. The lowest BCUT2D eigenvalue weighted by Crippen LogP contribution is -2.35. The lowest BCUT2D eigenvalue weighted by atomic mass is 10.2. The molecule has 0 aliphatic heterocycles. The van der Waals surface area contributed by atoms with Crippen molar-refractivity contribution >= 4 is 8.80 Å². The maximum Gasteiger partial charge on any atom is 0.493 e. The molecule has 3 nitrogen and oxygen atoms in total. The van der Waals surface area contributed by atoms with Crippen molar-refractivity contribution < 1.29 is 14.4 Å². The van der Waals surface area contributed by atoms with Crippen LogP contribution in [0, 0.1) is 5.92 Å². The fourth-order valence-electron chi connectivity index (χ4n) is 0.515. The van der Waals surface area contributed by atoms with E-state index in [4.69, 9.17) is 14.4 Å². The van der Waals surface area contributed by atoms with Crippen molar-refractivity contribution in [1.29, 1.82) is 0 Å². The van der Waals surface area contributed by atoms with E-state index < -0.39 is 8.80 Å². The summed E-state index contributed by atoms with van der Waals surface area (Å²) in [6.07, 6.45) is 1.57. The molecule has 0 saturated heterocycles. The molecular formula is C5H12O3Si. The summed E-state index contributed by atoms with van der Waals surface area (Å²) in [7, 11) is -3.81. The highest BCUT2D eigenvalue weighted by atomic mass is 28.4. The number of rotatable bonds is 3. The van der Waals surface area contributed by atoms with E-state index in [1.54, 1.807) is 13.0 Å². The van der Waals surface area contributed by atoms with Gasteiger partial charge in [0.1, 0.15) is 0 Å². The molecule has 0 bridgehead atoms. The van der Waals surface area contributed by atoms with E-state index in [1.807, 2.05) is 0 Å². The summed E-state index contributed by atoms with van der Waals surface area (Å²) < 4.78 is 0. The molecule has 0 fully saturated rings. The van der Waals surface area contributed by atoms with Crippen LogP contribution in [-0.2, 0) is 0 Å². The van der Waals surface area contributed by atoms with Crippen LogP contribution in [-0.4, -0.2) is 23.2 Å². The number of hydrogen-bond acceptors (Lipinski definition) is 3. The standard InChI is InChI=1S/C5H12O3Si/c1-3-5(2)4-9(6,7)8/h3,5-8H,1,4H2,2H3. The number of hydrogen-bond donors (Lipinski definition) is 3. The van der Waals surface area contributed by atoms with Crippen LogP contribution in [0.4, 0.5) is 0 Å². The Morgan fingerprint density at radius 3 is 2.11 bits per heavy atom. The van der Waals surface area contributed by atoms with Gasteiger partial charge in [-0.3, -0.25) is 0 Å². The monoisotopic (exact) mass is 148 g/mol. The minimum Gasteiger partial charge on any atom is -0.390 e. The van der Waals surface area contributed by atoms with Gasteiger partial charge >= 0.3 is 8.80 Å². The van der Waals surface area contributed by atoms with Gasteiger partial charge in [-0.15, -0.1) is 6.58 Å². The van der Waals surface area contributed by atoms with E-state index in [2.05, 4.69) is 6.58 Å². The van der Waals surface area contributed by atoms with Gasteiger partial charge in [-0.1, -0.05) is 13.0 Å². The molecule has 0 spiro atoms. The van der Waals surface area contributed by atoms with E-state index in [1.165, 1.54) is 0 Å². The smallest absolute Gasteiger partial charge is 0.390 e. The quantitative estimate of drug-likeness (QED) is 0.381. The third-order valence-corrected chi connectivity index (χ3v) is 2.19. The van der Waals surface area contributed by atoms with Crippen molar-refractivity contribution in [3.63, 3.8) is 0 Å². The molecule has 0 aromatic carbocycles. The second-order valence-electron chi connectivity index (χ2n) is 2.19. The Hall–Kier alpha value is -0.163. The highest BCUT2D eigenvalue weighted by Crippen LogP contribution is 2.09. The van der Waals surface area contributed by atoms with E-state index in [0.29, 0.717) is 0 Å². The summed E-state index contributed by atoms with van der Waals surface area (Å²) in [5.41, 5.74) is 0. The van der Waals surface area contributed by atoms with Crippen molar-refractivity contribution in [3.05, 3.63) is 12.7 Å². The Bertz CT molecular complexity index is 96.9. The maximum absolute atomic E-state index is 8.52. The summed E-state index contributed by atoms with van der Waals surface area (Å²) in [4.78, 5) is 25.6. The minimum absolute atomic E-state index is 0.0309. The molecule has 3 N–H and O–H groups in total. The van der Waals surface area contributed by atoms with Crippen molar-refractivity contribution in [3.8, 4) is 0 Å². The summed E-state index contributed by atoms with van der Waals surface area (Å²) in [5.74, 6) is -0.0309. The first kappa shape index (κ1) is 8.84. The van der Waals surface area contributed by atoms with E-state index in [9.17, 15) is 0 Å². The Balaban J connectivity index is 3.59. The second-order valence-corrected chi connectivity index (χ2v) is 4.15. The van der Waals surface area contributed by atoms with Crippen LogP contribution in [0.2, 0.25) is 6.04 Å². The molecule has 1 unspecified atom stereocenters. The third kappa shape index (κ3) is 5.71. The summed E-state index contributed by atoms with van der Waals surface area (Å²) in [6.45, 7) is 5.19. The van der Waals surface area contributed by atoms with Crippen LogP contribution >= 0.6 is 0 Å². The number of allylic oxidation sites excluding steroid dienone is 1. The molecule has 0 radical (unpaired) electrons. The van der Waals surface area contributed by atoms with Gasteiger partial charge in [0, 0.05) is 6.04 Å². The van der Waals surface area contributed by atoms with Crippen LogP contribution in [0.3, 0.4) is 0 Å². The fourth-order valence-corrected chi connectivity index (χ4v) is 1.55. The van der Waals surface area contributed by atoms with Crippen LogP contribution in [0.15, 0.2) is 12.7 Å². The Labute approximate surface area is 55.6 Å². The highest BCUT2D eigenvalue weighted by molar-refractivity contribution is 6.56.